The van der Waals surface area contributed by atoms with Crippen molar-refractivity contribution in [3.8, 4) is 0 Å². The molecule has 0 aromatic heterocycles. The number of rotatable bonds is 1. The molecule has 164 valence electrons. The second kappa shape index (κ2) is 7.49. The van der Waals surface area contributed by atoms with Crippen LogP contribution in [-0.2, 0) is 10.4 Å². The molecule has 1 unspecified atom stereocenters. The molecule has 4 aliphatic carbocycles. The number of fused-ring (bicyclic) bond motifs is 5. The second-order valence-corrected chi connectivity index (χ2v) is 11.2. The molecule has 0 saturated heterocycles. The third-order valence-corrected chi connectivity index (χ3v) is 9.53. The zero-order valence-electron chi connectivity index (χ0n) is 17.5. The summed E-state index contributed by atoms with van der Waals surface area (Å²) in [7, 11) is -4.67. The summed E-state index contributed by atoms with van der Waals surface area (Å²) >= 11 is 0. The summed E-state index contributed by atoms with van der Waals surface area (Å²) < 4.78 is 31.6. The minimum atomic E-state index is -4.67. The van der Waals surface area contributed by atoms with Crippen LogP contribution in [0.4, 0.5) is 0 Å². The maximum atomic E-state index is 10.9. The number of hydrogen-bond donors (Lipinski definition) is 4. The SMILES string of the molecule is CC[C@H]1CC[C@H]2[C@@H]3CCC4CCCC(O)(O)[C@]4(C)[C@H]3CC[C@]12C.O=S(=O)(O)O. The molecule has 4 rings (SSSR count). The summed E-state index contributed by atoms with van der Waals surface area (Å²) in [6, 6.07) is 0. The van der Waals surface area contributed by atoms with E-state index in [4.69, 9.17) is 17.5 Å². The standard InChI is InChI=1S/C21H36O2.H2O4S/c1-4-14-8-10-17-16-9-7-15-6-5-12-21(22,23)20(15,3)18(16)11-13-19(14,17)2;1-5(2,3)4/h14-18,22-23H,4-13H2,1-3H3;(H2,1,2,3,4)/t14-,15?,16-,17-,18-,19+,20-;/m0./s1. The van der Waals surface area contributed by atoms with Gasteiger partial charge in [-0.1, -0.05) is 27.2 Å². The van der Waals surface area contributed by atoms with Gasteiger partial charge in [0.1, 0.15) is 0 Å². The molecule has 0 radical (unpaired) electrons. The number of aliphatic hydroxyl groups is 2. The smallest absolute Gasteiger partial charge is 0.365 e. The van der Waals surface area contributed by atoms with Crippen molar-refractivity contribution in [3.05, 3.63) is 0 Å². The quantitative estimate of drug-likeness (QED) is 0.377. The summed E-state index contributed by atoms with van der Waals surface area (Å²) in [4.78, 5) is 0. The molecule has 4 fully saturated rings. The molecule has 7 atom stereocenters. The predicted molar refractivity (Wildman–Crippen MR) is 107 cm³/mol. The van der Waals surface area contributed by atoms with Gasteiger partial charge in [-0.15, -0.1) is 0 Å². The highest BCUT2D eigenvalue weighted by Crippen LogP contribution is 2.69. The maximum Gasteiger partial charge on any atom is 0.394 e. The van der Waals surface area contributed by atoms with Gasteiger partial charge in [-0.2, -0.15) is 8.42 Å². The molecule has 0 amide bonds. The Bertz CT molecular complexity index is 668. The van der Waals surface area contributed by atoms with Gasteiger partial charge in [-0.25, -0.2) is 0 Å². The van der Waals surface area contributed by atoms with Crippen molar-refractivity contribution in [1.82, 2.24) is 0 Å². The lowest BCUT2D eigenvalue weighted by atomic mass is 9.43. The van der Waals surface area contributed by atoms with E-state index in [9.17, 15) is 10.2 Å². The van der Waals surface area contributed by atoms with Gasteiger partial charge in [0.2, 0.25) is 0 Å². The number of hydrogen-bond acceptors (Lipinski definition) is 4. The zero-order valence-corrected chi connectivity index (χ0v) is 18.3. The first-order valence-electron chi connectivity index (χ1n) is 11.0. The van der Waals surface area contributed by atoms with Crippen LogP contribution in [0.25, 0.3) is 0 Å². The Labute approximate surface area is 169 Å². The van der Waals surface area contributed by atoms with Crippen molar-refractivity contribution in [2.45, 2.75) is 90.8 Å². The van der Waals surface area contributed by atoms with Gasteiger partial charge in [-0.3, -0.25) is 9.11 Å². The molecule has 6 nitrogen and oxygen atoms in total. The van der Waals surface area contributed by atoms with Crippen LogP contribution in [0.5, 0.6) is 0 Å². The van der Waals surface area contributed by atoms with E-state index < -0.39 is 16.2 Å². The van der Waals surface area contributed by atoms with Crippen LogP contribution in [0, 0.1) is 40.4 Å². The minimum Gasteiger partial charge on any atom is -0.365 e. The van der Waals surface area contributed by atoms with E-state index in [1.54, 1.807) is 0 Å². The molecule has 0 bridgehead atoms. The van der Waals surface area contributed by atoms with Gasteiger partial charge in [-0.05, 0) is 86.4 Å². The lowest BCUT2D eigenvalue weighted by Crippen LogP contribution is -2.63. The van der Waals surface area contributed by atoms with E-state index in [-0.39, 0.29) is 5.41 Å². The molecule has 4 saturated carbocycles. The van der Waals surface area contributed by atoms with Gasteiger partial charge >= 0.3 is 10.4 Å². The van der Waals surface area contributed by atoms with E-state index in [1.807, 2.05) is 0 Å². The fourth-order valence-electron chi connectivity index (χ4n) is 8.14. The monoisotopic (exact) mass is 418 g/mol. The van der Waals surface area contributed by atoms with E-state index in [1.165, 1.54) is 51.4 Å². The lowest BCUT2D eigenvalue weighted by molar-refractivity contribution is -0.313. The Morgan fingerprint density at radius 2 is 1.54 bits per heavy atom. The molecule has 28 heavy (non-hydrogen) atoms. The Morgan fingerprint density at radius 1 is 0.893 bits per heavy atom. The fraction of sp³-hybridized carbons (Fsp3) is 1.00. The minimum absolute atomic E-state index is 0.264. The first-order valence-corrected chi connectivity index (χ1v) is 12.4. The van der Waals surface area contributed by atoms with Crippen molar-refractivity contribution in [3.63, 3.8) is 0 Å². The summed E-state index contributed by atoms with van der Waals surface area (Å²) in [5.41, 5.74) is 0.265. The van der Waals surface area contributed by atoms with E-state index in [2.05, 4.69) is 20.8 Å². The van der Waals surface area contributed by atoms with Crippen LogP contribution in [0.1, 0.15) is 85.0 Å². The van der Waals surface area contributed by atoms with Crippen molar-refractivity contribution in [2.75, 3.05) is 0 Å². The van der Waals surface area contributed by atoms with Gasteiger partial charge < -0.3 is 10.2 Å². The maximum absolute atomic E-state index is 10.9. The van der Waals surface area contributed by atoms with Crippen molar-refractivity contribution in [2.24, 2.45) is 40.4 Å². The van der Waals surface area contributed by atoms with Crippen molar-refractivity contribution >= 4 is 10.4 Å². The average Bonchev–Trinajstić information content (AvgIpc) is 2.91. The first-order chi connectivity index (χ1) is 12.8. The zero-order chi connectivity index (χ0) is 21.0. The second-order valence-electron chi connectivity index (χ2n) is 10.3. The van der Waals surface area contributed by atoms with Crippen LogP contribution < -0.4 is 0 Å². The Hall–Kier alpha value is -0.210. The van der Waals surface area contributed by atoms with Crippen LogP contribution in [0.15, 0.2) is 0 Å². The van der Waals surface area contributed by atoms with Crippen LogP contribution in [-0.4, -0.2) is 33.5 Å². The topological polar surface area (TPSA) is 115 Å². The highest BCUT2D eigenvalue weighted by molar-refractivity contribution is 7.79. The summed E-state index contributed by atoms with van der Waals surface area (Å²) in [6.45, 7) is 7.17. The van der Waals surface area contributed by atoms with Crippen LogP contribution in [0.3, 0.4) is 0 Å². The van der Waals surface area contributed by atoms with Crippen molar-refractivity contribution in [1.29, 1.82) is 0 Å². The molecule has 0 spiro atoms. The summed E-state index contributed by atoms with van der Waals surface area (Å²) in [5.74, 6) is 2.10. The third kappa shape index (κ3) is 3.66. The van der Waals surface area contributed by atoms with Gasteiger partial charge in [0, 0.05) is 11.8 Å². The normalized spacial score (nSPS) is 47.2. The third-order valence-electron chi connectivity index (χ3n) is 9.53. The van der Waals surface area contributed by atoms with Gasteiger partial charge in [0.25, 0.3) is 0 Å². The van der Waals surface area contributed by atoms with E-state index in [0.717, 1.165) is 24.2 Å². The molecule has 0 aliphatic heterocycles. The van der Waals surface area contributed by atoms with Crippen molar-refractivity contribution < 1.29 is 27.7 Å². The Kier molecular flexibility index (Phi) is 6.01. The molecule has 7 heteroatoms. The molecule has 4 aliphatic rings. The molecular formula is C21H38O6S. The van der Waals surface area contributed by atoms with E-state index >= 15 is 0 Å². The fourth-order valence-corrected chi connectivity index (χ4v) is 8.14. The average molecular weight is 419 g/mol. The molecular weight excluding hydrogens is 380 g/mol. The predicted octanol–water partition coefficient (Wildman–Crippen LogP) is 4.08. The Morgan fingerprint density at radius 3 is 2.14 bits per heavy atom. The summed E-state index contributed by atoms with van der Waals surface area (Å²) in [5, 5.41) is 21.9. The Balaban J connectivity index is 0.000000403. The van der Waals surface area contributed by atoms with Gasteiger partial charge in [0.15, 0.2) is 5.79 Å². The van der Waals surface area contributed by atoms with E-state index in [0.29, 0.717) is 23.7 Å². The highest BCUT2D eigenvalue weighted by atomic mass is 32.3. The highest BCUT2D eigenvalue weighted by Gasteiger charge is 2.65. The molecule has 0 aromatic carbocycles. The molecule has 0 heterocycles. The van der Waals surface area contributed by atoms with Gasteiger partial charge in [0.05, 0.1) is 0 Å². The largest absolute Gasteiger partial charge is 0.394 e. The first kappa shape index (κ1) is 22.5. The molecule has 4 N–H and O–H groups in total. The van der Waals surface area contributed by atoms with Crippen LogP contribution in [0.2, 0.25) is 0 Å². The lowest BCUT2D eigenvalue weighted by Gasteiger charge is -2.63. The molecule has 0 aromatic rings. The van der Waals surface area contributed by atoms with Crippen LogP contribution >= 0.6 is 0 Å². The summed E-state index contributed by atoms with van der Waals surface area (Å²) in [6.07, 6.45) is 12.0.